The summed E-state index contributed by atoms with van der Waals surface area (Å²) >= 11 is 6.49. The van der Waals surface area contributed by atoms with Gasteiger partial charge in [0, 0.05) is 0 Å². The van der Waals surface area contributed by atoms with Gasteiger partial charge in [0.2, 0.25) is 0 Å². The highest BCUT2D eigenvalue weighted by atomic mass is 32.2. The molecule has 0 spiro atoms. The number of benzene rings is 2. The average molecular weight is 371 g/mol. The standard InChI is InChI=1S/C18H13NO4S2/c1-23-14-7-5-11(6-8-14)9-15-16(20)19(18(24)25-15)13-4-2-3-12(10-13)17(21)22/h2-10H,1H3,(H,21,22). The summed E-state index contributed by atoms with van der Waals surface area (Å²) in [6, 6.07) is 13.5. The number of aromatic carboxylic acids is 1. The summed E-state index contributed by atoms with van der Waals surface area (Å²) in [7, 11) is 1.59. The van der Waals surface area contributed by atoms with Crippen molar-refractivity contribution in [3.63, 3.8) is 0 Å². The summed E-state index contributed by atoms with van der Waals surface area (Å²) in [5, 5.41) is 9.11. The highest BCUT2D eigenvalue weighted by Gasteiger charge is 2.33. The van der Waals surface area contributed by atoms with Crippen LogP contribution in [0.5, 0.6) is 5.75 Å². The molecule has 7 heteroatoms. The molecule has 0 saturated carbocycles. The minimum absolute atomic E-state index is 0.102. The average Bonchev–Trinajstić information content (AvgIpc) is 2.89. The maximum Gasteiger partial charge on any atom is 0.335 e. The van der Waals surface area contributed by atoms with Gasteiger partial charge in [-0.25, -0.2) is 4.79 Å². The third kappa shape index (κ3) is 3.57. The Morgan fingerprint density at radius 3 is 2.60 bits per heavy atom. The zero-order valence-corrected chi connectivity index (χ0v) is 14.8. The zero-order valence-electron chi connectivity index (χ0n) is 13.1. The van der Waals surface area contributed by atoms with E-state index in [0.29, 0.717) is 14.9 Å². The van der Waals surface area contributed by atoms with Crippen molar-refractivity contribution in [1.82, 2.24) is 0 Å². The van der Waals surface area contributed by atoms with Crippen molar-refractivity contribution in [3.05, 3.63) is 64.6 Å². The fraction of sp³-hybridized carbons (Fsp3) is 0.0556. The van der Waals surface area contributed by atoms with E-state index in [2.05, 4.69) is 0 Å². The first-order valence-electron chi connectivity index (χ1n) is 7.25. The number of methoxy groups -OCH3 is 1. The summed E-state index contributed by atoms with van der Waals surface area (Å²) in [5.74, 6) is -0.593. The summed E-state index contributed by atoms with van der Waals surface area (Å²) in [6.07, 6.45) is 1.75. The third-order valence-electron chi connectivity index (χ3n) is 3.56. The smallest absolute Gasteiger partial charge is 0.335 e. The van der Waals surface area contributed by atoms with Crippen molar-refractivity contribution in [2.75, 3.05) is 12.0 Å². The number of carboxylic acids is 1. The lowest BCUT2D eigenvalue weighted by atomic mass is 10.2. The van der Waals surface area contributed by atoms with E-state index in [4.69, 9.17) is 22.1 Å². The number of hydrogen-bond acceptors (Lipinski definition) is 5. The number of thiocarbonyl (C=S) groups is 1. The molecule has 2 aromatic rings. The van der Waals surface area contributed by atoms with Gasteiger partial charge in [0.25, 0.3) is 5.91 Å². The summed E-state index contributed by atoms with van der Waals surface area (Å²) in [4.78, 5) is 25.7. The number of thioether (sulfide) groups is 1. The van der Waals surface area contributed by atoms with Crippen molar-refractivity contribution in [2.24, 2.45) is 0 Å². The first kappa shape index (κ1) is 17.2. The Bertz CT molecular complexity index is 890. The van der Waals surface area contributed by atoms with E-state index in [9.17, 15) is 9.59 Å². The van der Waals surface area contributed by atoms with Gasteiger partial charge >= 0.3 is 5.97 Å². The van der Waals surface area contributed by atoms with Crippen LogP contribution in [-0.2, 0) is 4.79 Å². The fourth-order valence-electron chi connectivity index (χ4n) is 2.32. The monoisotopic (exact) mass is 371 g/mol. The molecule has 0 aromatic heterocycles. The van der Waals surface area contributed by atoms with Crippen LogP contribution >= 0.6 is 24.0 Å². The molecule has 1 aliphatic heterocycles. The predicted molar refractivity (Wildman–Crippen MR) is 102 cm³/mol. The SMILES string of the molecule is COc1ccc(C=C2SC(=S)N(c3cccc(C(=O)O)c3)C2=O)cc1. The zero-order chi connectivity index (χ0) is 18.0. The van der Waals surface area contributed by atoms with Crippen LogP contribution in [0.1, 0.15) is 15.9 Å². The van der Waals surface area contributed by atoms with E-state index in [1.165, 1.54) is 28.8 Å². The predicted octanol–water partition coefficient (Wildman–Crippen LogP) is 3.80. The number of carbonyl (C=O) groups is 2. The van der Waals surface area contributed by atoms with Crippen LogP contribution < -0.4 is 9.64 Å². The van der Waals surface area contributed by atoms with E-state index in [0.717, 1.165) is 11.3 Å². The van der Waals surface area contributed by atoms with Crippen LogP contribution in [0.4, 0.5) is 5.69 Å². The van der Waals surface area contributed by atoms with Crippen LogP contribution in [0.3, 0.4) is 0 Å². The van der Waals surface area contributed by atoms with Crippen molar-refractivity contribution in [1.29, 1.82) is 0 Å². The summed E-state index contributed by atoms with van der Waals surface area (Å²) in [5.41, 5.74) is 1.40. The number of carboxylic acid groups (broad SMARTS) is 1. The quantitative estimate of drug-likeness (QED) is 0.651. The van der Waals surface area contributed by atoms with E-state index in [1.54, 1.807) is 25.3 Å². The Morgan fingerprint density at radius 2 is 1.96 bits per heavy atom. The largest absolute Gasteiger partial charge is 0.497 e. The van der Waals surface area contributed by atoms with Gasteiger partial charge in [-0.2, -0.15) is 0 Å². The van der Waals surface area contributed by atoms with Gasteiger partial charge in [-0.05, 0) is 42.0 Å². The van der Waals surface area contributed by atoms with Crippen molar-refractivity contribution < 1.29 is 19.4 Å². The van der Waals surface area contributed by atoms with Crippen LogP contribution in [0.25, 0.3) is 6.08 Å². The molecule has 0 radical (unpaired) electrons. The number of amides is 1. The first-order chi connectivity index (χ1) is 12.0. The molecule has 1 N–H and O–H groups in total. The van der Waals surface area contributed by atoms with Crippen LogP contribution in [-0.4, -0.2) is 28.4 Å². The molecule has 1 aliphatic rings. The highest BCUT2D eigenvalue weighted by Crippen LogP contribution is 2.36. The number of nitrogens with zero attached hydrogens (tertiary/aromatic N) is 1. The Labute approximate surface area is 153 Å². The molecule has 25 heavy (non-hydrogen) atoms. The normalized spacial score (nSPS) is 15.7. The maximum absolute atomic E-state index is 12.7. The minimum atomic E-state index is -1.05. The highest BCUT2D eigenvalue weighted by molar-refractivity contribution is 8.27. The van der Waals surface area contributed by atoms with Gasteiger partial charge in [0.05, 0.1) is 23.3 Å². The molecule has 1 fully saturated rings. The second-order valence-corrected chi connectivity index (χ2v) is 6.82. The minimum Gasteiger partial charge on any atom is -0.497 e. The van der Waals surface area contributed by atoms with Gasteiger partial charge in [-0.1, -0.05) is 42.2 Å². The molecule has 0 aliphatic carbocycles. The molecular weight excluding hydrogens is 358 g/mol. The third-order valence-corrected chi connectivity index (χ3v) is 4.86. The molecule has 0 bridgehead atoms. The number of hydrogen-bond donors (Lipinski definition) is 1. The lowest BCUT2D eigenvalue weighted by Crippen LogP contribution is -2.27. The molecule has 0 unspecified atom stereocenters. The van der Waals surface area contributed by atoms with Crippen LogP contribution in [0.15, 0.2) is 53.4 Å². The summed E-state index contributed by atoms with van der Waals surface area (Å²) < 4.78 is 5.48. The summed E-state index contributed by atoms with van der Waals surface area (Å²) in [6.45, 7) is 0. The Balaban J connectivity index is 1.90. The molecule has 1 amide bonds. The topological polar surface area (TPSA) is 66.8 Å². The van der Waals surface area contributed by atoms with E-state index in [-0.39, 0.29) is 11.5 Å². The van der Waals surface area contributed by atoms with Gasteiger partial charge in [0.15, 0.2) is 4.32 Å². The number of anilines is 1. The van der Waals surface area contributed by atoms with Crippen molar-refractivity contribution in [2.45, 2.75) is 0 Å². The molecule has 5 nitrogen and oxygen atoms in total. The van der Waals surface area contributed by atoms with E-state index >= 15 is 0 Å². The van der Waals surface area contributed by atoms with Crippen LogP contribution in [0.2, 0.25) is 0 Å². The molecule has 126 valence electrons. The van der Waals surface area contributed by atoms with Gasteiger partial charge < -0.3 is 9.84 Å². The van der Waals surface area contributed by atoms with Gasteiger partial charge in [-0.3, -0.25) is 9.69 Å². The second kappa shape index (κ2) is 7.08. The number of carbonyl (C=O) groups excluding carboxylic acids is 1. The Morgan fingerprint density at radius 1 is 1.24 bits per heavy atom. The Hall–Kier alpha value is -2.64. The molecular formula is C18H13NO4S2. The first-order valence-corrected chi connectivity index (χ1v) is 8.47. The molecule has 2 aromatic carbocycles. The van der Waals surface area contributed by atoms with Gasteiger partial charge in [0.1, 0.15) is 5.75 Å². The lowest BCUT2D eigenvalue weighted by molar-refractivity contribution is -0.113. The van der Waals surface area contributed by atoms with Crippen LogP contribution in [0, 0.1) is 0 Å². The second-order valence-electron chi connectivity index (χ2n) is 5.15. The molecule has 1 heterocycles. The van der Waals surface area contributed by atoms with Gasteiger partial charge in [-0.15, -0.1) is 0 Å². The lowest BCUT2D eigenvalue weighted by Gasteiger charge is -2.14. The van der Waals surface area contributed by atoms with Crippen molar-refractivity contribution >= 4 is 51.9 Å². The van der Waals surface area contributed by atoms with E-state index in [1.807, 2.05) is 24.3 Å². The molecule has 3 rings (SSSR count). The fourth-order valence-corrected chi connectivity index (χ4v) is 3.62. The molecule has 1 saturated heterocycles. The number of rotatable bonds is 4. The Kier molecular flexibility index (Phi) is 4.87. The van der Waals surface area contributed by atoms with Crippen molar-refractivity contribution in [3.8, 4) is 5.75 Å². The number of ether oxygens (including phenoxy) is 1. The molecule has 0 atom stereocenters. The maximum atomic E-state index is 12.7. The van der Waals surface area contributed by atoms with E-state index < -0.39 is 5.97 Å².